The molecule has 2 N–H and O–H groups in total. The summed E-state index contributed by atoms with van der Waals surface area (Å²) in [5, 5.41) is 7.11. The fraction of sp³-hybridized carbons (Fsp3) is 0.333. The Balaban J connectivity index is 1.72. The quantitative estimate of drug-likeness (QED) is 0.478. The minimum atomic E-state index is -0.513. The van der Waals surface area contributed by atoms with E-state index in [1.54, 1.807) is 25.3 Å². The summed E-state index contributed by atoms with van der Waals surface area (Å²) in [4.78, 5) is 29.7. The Hall–Kier alpha value is -2.74. The lowest BCUT2D eigenvalue weighted by atomic mass is 9.95. The first-order valence-corrected chi connectivity index (χ1v) is 9.33. The van der Waals surface area contributed by atoms with E-state index in [0.717, 1.165) is 36.1 Å². The van der Waals surface area contributed by atoms with Crippen molar-refractivity contribution in [1.82, 2.24) is 10.4 Å². The van der Waals surface area contributed by atoms with Gasteiger partial charge in [0.25, 0.3) is 0 Å². The summed E-state index contributed by atoms with van der Waals surface area (Å²) in [5.74, 6) is -0.390. The average Bonchev–Trinajstić information content (AvgIpc) is 3.00. The maximum atomic E-state index is 12.4. The second-order valence-corrected chi connectivity index (χ2v) is 6.82. The van der Waals surface area contributed by atoms with Crippen LogP contribution in [-0.4, -0.2) is 29.8 Å². The van der Waals surface area contributed by atoms with Gasteiger partial charge in [0.2, 0.25) is 0 Å². The number of anilines is 1. The number of hydrogen-bond acceptors (Lipinski definition) is 6. The molecule has 26 heavy (non-hydrogen) atoms. The number of aryl methyl sites for hydroxylation is 1. The van der Waals surface area contributed by atoms with Crippen molar-refractivity contribution in [2.75, 3.05) is 11.9 Å². The molecule has 0 atom stereocenters. The third kappa shape index (κ3) is 4.26. The van der Waals surface area contributed by atoms with Gasteiger partial charge in [0.05, 0.1) is 24.1 Å². The summed E-state index contributed by atoms with van der Waals surface area (Å²) in [6.45, 7) is 2.06. The predicted molar refractivity (Wildman–Crippen MR) is 101 cm³/mol. The summed E-state index contributed by atoms with van der Waals surface area (Å²) in [6, 6.07) is 4.89. The smallest absolute Gasteiger partial charge is 0.341 e. The third-order valence-corrected chi connectivity index (χ3v) is 5.14. The second-order valence-electron chi connectivity index (χ2n) is 5.71. The van der Waals surface area contributed by atoms with E-state index in [4.69, 9.17) is 4.74 Å². The number of rotatable bonds is 5. The molecule has 8 heteroatoms. The van der Waals surface area contributed by atoms with Gasteiger partial charge in [-0.3, -0.25) is 10.3 Å². The van der Waals surface area contributed by atoms with Crippen LogP contribution in [0.5, 0.6) is 0 Å². The van der Waals surface area contributed by atoms with Crippen LogP contribution in [0.25, 0.3) is 0 Å². The van der Waals surface area contributed by atoms with Gasteiger partial charge in [0.15, 0.2) is 0 Å². The Bertz CT molecular complexity index is 817. The van der Waals surface area contributed by atoms with Gasteiger partial charge in [-0.05, 0) is 50.3 Å². The molecule has 2 aromatic heterocycles. The van der Waals surface area contributed by atoms with E-state index in [9.17, 15) is 9.59 Å². The molecule has 0 unspecified atom stereocenters. The number of nitrogens with one attached hydrogen (secondary N) is 2. The van der Waals surface area contributed by atoms with Gasteiger partial charge < -0.3 is 4.74 Å². The Morgan fingerprint density at radius 3 is 2.96 bits per heavy atom. The van der Waals surface area contributed by atoms with Crippen LogP contribution >= 0.6 is 11.3 Å². The monoisotopic (exact) mass is 372 g/mol. The third-order valence-electron chi connectivity index (χ3n) is 3.93. The lowest BCUT2D eigenvalue weighted by Crippen LogP contribution is -2.25. The van der Waals surface area contributed by atoms with Crippen LogP contribution in [0.3, 0.4) is 0 Å². The predicted octanol–water partition coefficient (Wildman–Crippen LogP) is 3.35. The van der Waals surface area contributed by atoms with E-state index in [1.807, 2.05) is 6.07 Å². The first kappa shape index (κ1) is 18.1. The number of hydrazone groups is 1. The van der Waals surface area contributed by atoms with Gasteiger partial charge in [-0.15, -0.1) is 11.3 Å². The van der Waals surface area contributed by atoms with Gasteiger partial charge in [-0.2, -0.15) is 5.10 Å². The topological polar surface area (TPSA) is 92.7 Å². The number of nitrogens with zero attached hydrogens (tertiary/aromatic N) is 2. The number of thiophene rings is 1. The second kappa shape index (κ2) is 8.57. The molecule has 136 valence electrons. The molecule has 1 aliphatic rings. The van der Waals surface area contributed by atoms with Crippen LogP contribution in [0, 0.1) is 0 Å². The Morgan fingerprint density at radius 1 is 1.35 bits per heavy atom. The van der Waals surface area contributed by atoms with E-state index in [-0.39, 0.29) is 5.97 Å². The number of ether oxygens (including phenoxy) is 1. The van der Waals surface area contributed by atoms with Crippen molar-refractivity contribution < 1.29 is 14.3 Å². The Kier molecular flexibility index (Phi) is 5.96. The molecule has 0 fully saturated rings. The highest BCUT2D eigenvalue weighted by atomic mass is 32.1. The van der Waals surface area contributed by atoms with E-state index in [1.165, 1.54) is 17.6 Å². The molecule has 0 saturated carbocycles. The van der Waals surface area contributed by atoms with Crippen molar-refractivity contribution in [2.45, 2.75) is 32.6 Å². The average molecular weight is 372 g/mol. The summed E-state index contributed by atoms with van der Waals surface area (Å²) < 4.78 is 5.17. The van der Waals surface area contributed by atoms with Crippen molar-refractivity contribution in [3.63, 3.8) is 0 Å². The van der Waals surface area contributed by atoms with Gasteiger partial charge in [-0.25, -0.2) is 15.0 Å². The van der Waals surface area contributed by atoms with Crippen LogP contribution in [0.4, 0.5) is 9.80 Å². The Labute approximate surface area is 155 Å². The van der Waals surface area contributed by atoms with E-state index in [0.29, 0.717) is 22.9 Å². The Morgan fingerprint density at radius 2 is 2.19 bits per heavy atom. The zero-order valence-electron chi connectivity index (χ0n) is 14.4. The number of fused-ring (bicyclic) bond motifs is 1. The molecule has 2 heterocycles. The van der Waals surface area contributed by atoms with E-state index < -0.39 is 6.03 Å². The zero-order chi connectivity index (χ0) is 18.4. The molecule has 3 rings (SSSR count). The van der Waals surface area contributed by atoms with Gasteiger partial charge >= 0.3 is 12.0 Å². The molecule has 2 amide bonds. The highest BCUT2D eigenvalue weighted by Gasteiger charge is 2.27. The highest BCUT2D eigenvalue weighted by Crippen LogP contribution is 2.38. The van der Waals surface area contributed by atoms with Crippen molar-refractivity contribution >= 4 is 34.6 Å². The van der Waals surface area contributed by atoms with Gasteiger partial charge in [0.1, 0.15) is 5.00 Å². The van der Waals surface area contributed by atoms with Crippen LogP contribution in [0.1, 0.15) is 46.3 Å². The van der Waals surface area contributed by atoms with Crippen molar-refractivity contribution in [1.29, 1.82) is 0 Å². The fourth-order valence-corrected chi connectivity index (χ4v) is 4.09. The minimum absolute atomic E-state index is 0.295. The van der Waals surface area contributed by atoms with Crippen molar-refractivity contribution in [2.24, 2.45) is 5.10 Å². The number of hydrogen-bond donors (Lipinski definition) is 2. The molecule has 1 aliphatic carbocycles. The lowest BCUT2D eigenvalue weighted by Gasteiger charge is -2.12. The summed E-state index contributed by atoms with van der Waals surface area (Å²) in [6.07, 6.45) is 6.98. The van der Waals surface area contributed by atoms with Gasteiger partial charge in [0, 0.05) is 11.1 Å². The summed E-state index contributed by atoms with van der Waals surface area (Å²) in [5.41, 5.74) is 4.51. The minimum Gasteiger partial charge on any atom is -0.462 e. The summed E-state index contributed by atoms with van der Waals surface area (Å²) >= 11 is 1.44. The fourth-order valence-electron chi connectivity index (χ4n) is 2.81. The molecule has 2 aromatic rings. The van der Waals surface area contributed by atoms with E-state index >= 15 is 0 Å². The van der Waals surface area contributed by atoms with Crippen LogP contribution in [-0.2, 0) is 17.6 Å². The number of carbonyl (C=O) groups is 2. The van der Waals surface area contributed by atoms with Crippen molar-refractivity contribution in [3.8, 4) is 0 Å². The molecule has 0 aromatic carbocycles. The highest BCUT2D eigenvalue weighted by molar-refractivity contribution is 7.17. The number of urea groups is 1. The maximum absolute atomic E-state index is 12.4. The molecule has 0 aliphatic heterocycles. The molecule has 0 saturated heterocycles. The summed E-state index contributed by atoms with van der Waals surface area (Å²) in [7, 11) is 0. The van der Waals surface area contributed by atoms with Crippen LogP contribution in [0.15, 0.2) is 29.5 Å². The van der Waals surface area contributed by atoms with Crippen molar-refractivity contribution in [3.05, 3.63) is 46.1 Å². The largest absolute Gasteiger partial charge is 0.462 e. The molecular formula is C18H20N4O3S. The van der Waals surface area contributed by atoms with E-state index in [2.05, 4.69) is 20.8 Å². The number of carbonyl (C=O) groups excluding carboxylic acids is 2. The maximum Gasteiger partial charge on any atom is 0.341 e. The normalized spacial score (nSPS) is 13.3. The molecular weight excluding hydrogens is 352 g/mol. The number of aromatic nitrogens is 1. The first-order chi connectivity index (χ1) is 12.7. The number of amides is 2. The number of esters is 1. The molecule has 0 bridgehead atoms. The van der Waals surface area contributed by atoms with Gasteiger partial charge in [-0.1, -0.05) is 6.07 Å². The molecule has 0 radical (unpaired) electrons. The molecule has 7 nitrogen and oxygen atoms in total. The SMILES string of the molecule is CCOC(=O)c1c(NC(=O)N/N=C/c2ccccn2)sc2c1CCCC2. The standard InChI is InChI=1S/C18H20N4O3S/c1-2-25-17(23)15-13-8-3-4-9-14(13)26-16(15)21-18(24)22-20-11-12-7-5-6-10-19-12/h5-7,10-11H,2-4,8-9H2,1H3,(H2,21,22,24)/b20-11+. The zero-order valence-corrected chi connectivity index (χ0v) is 15.3. The number of pyridine rings is 1. The first-order valence-electron chi connectivity index (χ1n) is 8.51. The van der Waals surface area contributed by atoms with Crippen LogP contribution in [0.2, 0.25) is 0 Å². The van der Waals surface area contributed by atoms with Crippen LogP contribution < -0.4 is 10.7 Å². The lowest BCUT2D eigenvalue weighted by molar-refractivity contribution is 0.0526. The molecule has 0 spiro atoms.